The van der Waals surface area contributed by atoms with Crippen LogP contribution in [-0.2, 0) is 11.3 Å². The number of amides is 1. The van der Waals surface area contributed by atoms with Gasteiger partial charge in [0.15, 0.2) is 5.82 Å². The molecule has 2 rings (SSSR count). The number of hydrogen-bond donors (Lipinski definition) is 2. The number of aryl methyl sites for hydroxylation is 2. The van der Waals surface area contributed by atoms with Crippen LogP contribution in [0.4, 0.5) is 16.3 Å². The van der Waals surface area contributed by atoms with E-state index in [4.69, 9.17) is 39.5 Å². The molecule has 1 amide bonds. The molecule has 1 atom stereocenters. The average Bonchev–Trinajstić information content (AvgIpc) is 2.96. The molecule has 0 spiro atoms. The van der Waals surface area contributed by atoms with Crippen LogP contribution in [0.15, 0.2) is 30.5 Å². The van der Waals surface area contributed by atoms with Gasteiger partial charge >= 0.3 is 11.9 Å². The first kappa shape index (κ1) is 22.1. The normalized spacial score (nSPS) is 12.3. The van der Waals surface area contributed by atoms with E-state index >= 15 is 0 Å². The SMILES string of the molecule is Cc1ccccc1N[C@@H](NC(=O)OCCn1c([N+](=O)[O-])cnc1C)C(Cl)(Cl)Cl. The summed E-state index contributed by atoms with van der Waals surface area (Å²) in [5.74, 6) is 0.234. The minimum atomic E-state index is -1.86. The monoisotopic (exact) mass is 449 g/mol. The smallest absolute Gasteiger partial charge is 0.409 e. The van der Waals surface area contributed by atoms with Crippen molar-refractivity contribution in [2.24, 2.45) is 0 Å². The van der Waals surface area contributed by atoms with Gasteiger partial charge in [-0.2, -0.15) is 0 Å². The lowest BCUT2D eigenvalue weighted by atomic mass is 10.2. The fraction of sp³-hybridized carbons (Fsp3) is 0.375. The van der Waals surface area contributed by atoms with Crippen molar-refractivity contribution in [1.82, 2.24) is 14.9 Å². The third-order valence-electron chi connectivity index (χ3n) is 3.80. The first-order valence-electron chi connectivity index (χ1n) is 8.08. The highest BCUT2D eigenvalue weighted by molar-refractivity contribution is 6.68. The van der Waals surface area contributed by atoms with E-state index in [0.29, 0.717) is 11.5 Å². The number of halogens is 3. The van der Waals surface area contributed by atoms with Gasteiger partial charge in [-0.1, -0.05) is 53.0 Å². The average molecular weight is 451 g/mol. The first-order chi connectivity index (χ1) is 13.1. The van der Waals surface area contributed by atoms with Crippen LogP contribution in [0.5, 0.6) is 0 Å². The van der Waals surface area contributed by atoms with E-state index in [9.17, 15) is 14.9 Å². The van der Waals surface area contributed by atoms with Crippen LogP contribution >= 0.6 is 34.8 Å². The molecule has 9 nitrogen and oxygen atoms in total. The van der Waals surface area contributed by atoms with Gasteiger partial charge < -0.3 is 20.2 Å². The molecule has 0 aliphatic heterocycles. The number of carbonyl (C=O) groups is 1. The third kappa shape index (κ3) is 5.88. The molecule has 0 unspecified atom stereocenters. The van der Waals surface area contributed by atoms with Gasteiger partial charge in [0.2, 0.25) is 3.79 Å². The molecule has 12 heteroatoms. The summed E-state index contributed by atoms with van der Waals surface area (Å²) >= 11 is 17.8. The number of nitrogens with zero attached hydrogens (tertiary/aromatic N) is 3. The number of benzene rings is 1. The number of carbonyl (C=O) groups excluding carboxylic acids is 1. The Kier molecular flexibility index (Phi) is 7.34. The summed E-state index contributed by atoms with van der Waals surface area (Å²) in [4.78, 5) is 26.4. The van der Waals surface area contributed by atoms with E-state index in [1.165, 1.54) is 4.57 Å². The van der Waals surface area contributed by atoms with Crippen LogP contribution in [0, 0.1) is 24.0 Å². The van der Waals surface area contributed by atoms with E-state index in [-0.39, 0.29) is 19.0 Å². The van der Waals surface area contributed by atoms with Crippen LogP contribution in [0.2, 0.25) is 0 Å². The number of nitro groups is 1. The van der Waals surface area contributed by atoms with Gasteiger partial charge in [-0.15, -0.1) is 0 Å². The van der Waals surface area contributed by atoms with Crippen LogP contribution in [0.25, 0.3) is 0 Å². The molecule has 152 valence electrons. The number of anilines is 1. The number of imidazole rings is 1. The molecule has 0 aliphatic rings. The summed E-state index contributed by atoms with van der Waals surface area (Å²) in [5.41, 5.74) is 1.56. The molecule has 28 heavy (non-hydrogen) atoms. The van der Waals surface area contributed by atoms with Crippen molar-refractivity contribution in [1.29, 1.82) is 0 Å². The summed E-state index contributed by atoms with van der Waals surface area (Å²) in [6, 6.07) is 7.27. The molecular weight excluding hydrogens is 433 g/mol. The Hall–Kier alpha value is -2.23. The second-order valence-electron chi connectivity index (χ2n) is 5.79. The Bertz CT molecular complexity index is 853. The number of para-hydroxylation sites is 1. The maximum absolute atomic E-state index is 12.1. The second-order valence-corrected chi connectivity index (χ2v) is 8.16. The third-order valence-corrected chi connectivity index (χ3v) is 4.46. The molecule has 1 aromatic heterocycles. The van der Waals surface area contributed by atoms with Crippen LogP contribution < -0.4 is 10.6 Å². The molecule has 0 saturated heterocycles. The van der Waals surface area contributed by atoms with E-state index < -0.39 is 21.0 Å². The molecule has 0 fully saturated rings. The van der Waals surface area contributed by atoms with Crippen LogP contribution in [0.1, 0.15) is 11.4 Å². The second kappa shape index (κ2) is 9.31. The minimum Gasteiger partial charge on any atom is -0.445 e. The Morgan fingerprint density at radius 1 is 1.36 bits per heavy atom. The Labute approximate surface area is 176 Å². The highest BCUT2D eigenvalue weighted by atomic mass is 35.6. The molecule has 0 radical (unpaired) electrons. The standard InChI is InChI=1S/C16H18Cl3N5O4/c1-10-5-3-4-6-12(10)21-14(16(17,18)19)22-15(25)28-8-7-23-11(2)20-9-13(23)24(26)27/h3-6,9,14,21H,7-8H2,1-2H3,(H,22,25)/t14-/m0/s1. The summed E-state index contributed by atoms with van der Waals surface area (Å²) in [6.45, 7) is 3.38. The number of rotatable bonds is 7. The molecule has 0 aliphatic carbocycles. The molecule has 2 aromatic rings. The van der Waals surface area contributed by atoms with Crippen molar-refractivity contribution in [2.45, 2.75) is 30.4 Å². The highest BCUT2D eigenvalue weighted by Crippen LogP contribution is 2.31. The molecule has 2 N–H and O–H groups in total. The Morgan fingerprint density at radius 3 is 2.64 bits per heavy atom. The first-order valence-corrected chi connectivity index (χ1v) is 9.21. The zero-order valence-electron chi connectivity index (χ0n) is 15.0. The van der Waals surface area contributed by atoms with Crippen molar-refractivity contribution in [3.05, 3.63) is 52.0 Å². The topological polar surface area (TPSA) is 111 Å². The lowest BCUT2D eigenvalue weighted by Gasteiger charge is -2.27. The predicted octanol–water partition coefficient (Wildman–Crippen LogP) is 3.94. The zero-order valence-corrected chi connectivity index (χ0v) is 17.3. The minimum absolute atomic E-state index is 0.0548. The van der Waals surface area contributed by atoms with Gasteiger partial charge in [-0.3, -0.25) is 5.32 Å². The molecular formula is C16H18Cl3N5O4. The summed E-state index contributed by atoms with van der Waals surface area (Å²) in [5, 5.41) is 16.3. The van der Waals surface area contributed by atoms with Gasteiger partial charge in [0.25, 0.3) is 0 Å². The quantitative estimate of drug-likeness (QED) is 0.286. The molecule has 1 heterocycles. The lowest BCUT2D eigenvalue weighted by Crippen LogP contribution is -2.49. The number of alkyl halides is 3. The molecule has 0 saturated carbocycles. The number of aromatic nitrogens is 2. The number of alkyl carbamates (subject to hydrolysis) is 1. The maximum atomic E-state index is 12.1. The summed E-state index contributed by atoms with van der Waals surface area (Å²) < 4.78 is 4.53. The van der Waals surface area contributed by atoms with Crippen LogP contribution in [-0.4, -0.2) is 37.1 Å². The summed E-state index contributed by atoms with van der Waals surface area (Å²) in [7, 11) is 0. The van der Waals surface area contributed by atoms with Crippen molar-refractivity contribution >= 4 is 52.4 Å². The van der Waals surface area contributed by atoms with Gasteiger partial charge in [0, 0.05) is 12.6 Å². The van der Waals surface area contributed by atoms with E-state index in [1.807, 2.05) is 19.1 Å². The Balaban J connectivity index is 1.96. The number of nitrogens with one attached hydrogen (secondary N) is 2. The van der Waals surface area contributed by atoms with Crippen molar-refractivity contribution in [2.75, 3.05) is 11.9 Å². The van der Waals surface area contributed by atoms with Crippen molar-refractivity contribution in [3.8, 4) is 0 Å². The Morgan fingerprint density at radius 2 is 2.04 bits per heavy atom. The van der Waals surface area contributed by atoms with Crippen molar-refractivity contribution in [3.63, 3.8) is 0 Å². The number of ether oxygens (including phenoxy) is 1. The highest BCUT2D eigenvalue weighted by Gasteiger charge is 2.34. The van der Waals surface area contributed by atoms with E-state index in [0.717, 1.165) is 11.8 Å². The van der Waals surface area contributed by atoms with Gasteiger partial charge in [0.05, 0.1) is 0 Å². The molecule has 0 bridgehead atoms. The summed E-state index contributed by atoms with van der Waals surface area (Å²) in [6.07, 6.45) is -0.784. The van der Waals surface area contributed by atoms with Gasteiger partial charge in [0.1, 0.15) is 25.5 Å². The predicted molar refractivity (Wildman–Crippen MR) is 107 cm³/mol. The number of hydrogen-bond acceptors (Lipinski definition) is 6. The zero-order chi connectivity index (χ0) is 20.9. The fourth-order valence-corrected chi connectivity index (χ4v) is 2.68. The largest absolute Gasteiger partial charge is 0.445 e. The van der Waals surface area contributed by atoms with E-state index in [1.54, 1.807) is 19.1 Å². The molecule has 1 aromatic carbocycles. The lowest BCUT2D eigenvalue weighted by molar-refractivity contribution is -0.392. The maximum Gasteiger partial charge on any atom is 0.409 e. The van der Waals surface area contributed by atoms with E-state index in [2.05, 4.69) is 15.6 Å². The van der Waals surface area contributed by atoms with Crippen LogP contribution in [0.3, 0.4) is 0 Å². The van der Waals surface area contributed by atoms with Gasteiger partial charge in [-0.05, 0) is 23.5 Å². The van der Waals surface area contributed by atoms with Gasteiger partial charge in [-0.25, -0.2) is 14.3 Å². The van der Waals surface area contributed by atoms with Crippen molar-refractivity contribution < 1.29 is 14.5 Å². The fourth-order valence-electron chi connectivity index (χ4n) is 2.36.